The normalized spacial score (nSPS) is 14.2. The van der Waals surface area contributed by atoms with Gasteiger partial charge in [-0.2, -0.15) is 0 Å². The topological polar surface area (TPSA) is 59.0 Å². The first kappa shape index (κ1) is 20.5. The molecule has 1 aliphatic heterocycles. The van der Waals surface area contributed by atoms with E-state index in [-0.39, 0.29) is 4.90 Å². The number of benzene rings is 4. The van der Waals surface area contributed by atoms with Gasteiger partial charge in [-0.15, -0.1) is 0 Å². The van der Waals surface area contributed by atoms with Crippen molar-refractivity contribution >= 4 is 37.4 Å². The summed E-state index contributed by atoms with van der Waals surface area (Å²) in [6, 6.07) is 25.1. The van der Waals surface area contributed by atoms with Crippen LogP contribution in [0, 0.1) is 0 Å². The van der Waals surface area contributed by atoms with Crippen LogP contribution in [-0.4, -0.2) is 38.3 Å². The van der Waals surface area contributed by atoms with E-state index in [4.69, 9.17) is 4.74 Å². The van der Waals surface area contributed by atoms with E-state index in [2.05, 4.69) is 23.2 Å². The first-order valence-corrected chi connectivity index (χ1v) is 12.2. The van der Waals surface area contributed by atoms with E-state index in [9.17, 15) is 8.42 Å². The second kappa shape index (κ2) is 8.28. The molecule has 0 atom stereocenters. The highest BCUT2D eigenvalue weighted by molar-refractivity contribution is 7.90. The fourth-order valence-electron chi connectivity index (χ4n) is 4.37. The zero-order chi connectivity index (χ0) is 22.1. The lowest BCUT2D eigenvalue weighted by Gasteiger charge is -2.22. The highest BCUT2D eigenvalue weighted by Gasteiger charge is 2.32. The summed E-state index contributed by atoms with van der Waals surface area (Å²) in [5.74, 6) is 1.27. The number of nitrogens with zero attached hydrogens (tertiary/aromatic N) is 2. The van der Waals surface area contributed by atoms with Crippen LogP contribution in [0.4, 0.5) is 0 Å². The van der Waals surface area contributed by atoms with Gasteiger partial charge in [0.25, 0.3) is 10.0 Å². The molecule has 1 aliphatic rings. The number of aliphatic imine (C=N–C) groups is 1. The van der Waals surface area contributed by atoms with Crippen LogP contribution in [-0.2, 0) is 16.4 Å². The molecule has 0 aromatic heterocycles. The number of sulfonamides is 1. The summed E-state index contributed by atoms with van der Waals surface area (Å²) in [7, 11) is -3.77. The van der Waals surface area contributed by atoms with Gasteiger partial charge in [-0.25, -0.2) is 8.42 Å². The average Bonchev–Trinajstić information content (AvgIpc) is 3.29. The number of hydrogen-bond acceptors (Lipinski definition) is 4. The lowest BCUT2D eigenvalue weighted by Crippen LogP contribution is -2.35. The van der Waals surface area contributed by atoms with Gasteiger partial charge < -0.3 is 4.74 Å². The van der Waals surface area contributed by atoms with Crippen LogP contribution < -0.4 is 4.74 Å². The molecular formula is C26H24N2O3S. The molecule has 0 fully saturated rings. The third kappa shape index (κ3) is 3.50. The Morgan fingerprint density at radius 2 is 1.59 bits per heavy atom. The number of rotatable bonds is 6. The molecule has 1 heterocycles. The zero-order valence-electron chi connectivity index (χ0n) is 17.9. The smallest absolute Gasteiger partial charge is 0.265 e. The van der Waals surface area contributed by atoms with Gasteiger partial charge >= 0.3 is 0 Å². The summed E-state index contributed by atoms with van der Waals surface area (Å²) in [6.07, 6.45) is 0.468. The van der Waals surface area contributed by atoms with Gasteiger partial charge in [0.1, 0.15) is 11.6 Å². The highest BCUT2D eigenvalue weighted by atomic mass is 32.2. The Kier molecular flexibility index (Phi) is 5.31. The molecule has 0 N–H and O–H groups in total. The van der Waals surface area contributed by atoms with Crippen molar-refractivity contribution in [3.63, 3.8) is 0 Å². The van der Waals surface area contributed by atoms with Crippen molar-refractivity contribution in [3.05, 3.63) is 84.4 Å². The fraction of sp³-hybridized carbons (Fsp3) is 0.192. The quantitative estimate of drug-likeness (QED) is 0.419. The molecule has 32 heavy (non-hydrogen) atoms. The van der Waals surface area contributed by atoms with E-state index < -0.39 is 10.0 Å². The Bertz CT molecular complexity index is 1440. The van der Waals surface area contributed by atoms with Gasteiger partial charge in [0.05, 0.1) is 24.6 Å². The van der Waals surface area contributed by atoms with Crippen LogP contribution in [0.3, 0.4) is 0 Å². The van der Waals surface area contributed by atoms with E-state index in [1.165, 1.54) is 4.31 Å². The minimum Gasteiger partial charge on any atom is -0.493 e. The average molecular weight is 445 g/mol. The predicted molar refractivity (Wildman–Crippen MR) is 129 cm³/mol. The van der Waals surface area contributed by atoms with Crippen LogP contribution in [0.15, 0.2) is 88.8 Å². The third-order valence-corrected chi connectivity index (χ3v) is 7.71. The molecule has 0 unspecified atom stereocenters. The van der Waals surface area contributed by atoms with Gasteiger partial charge in [-0.1, -0.05) is 66.7 Å². The van der Waals surface area contributed by atoms with Gasteiger partial charge in [0.2, 0.25) is 0 Å². The molecule has 0 spiro atoms. The Balaban J connectivity index is 1.54. The van der Waals surface area contributed by atoms with Crippen LogP contribution in [0.5, 0.6) is 5.75 Å². The molecule has 0 saturated carbocycles. The summed E-state index contributed by atoms with van der Waals surface area (Å²) in [6.45, 7) is 3.25. The first-order chi connectivity index (χ1) is 15.6. The SMILES string of the molecule is CCOc1ccc(S(=O)(=O)N2CCN=C2Cc2cccc3ccccc23)c2ccccc12. The summed E-state index contributed by atoms with van der Waals surface area (Å²) in [4.78, 5) is 4.86. The third-order valence-electron chi connectivity index (χ3n) is 5.83. The number of fused-ring (bicyclic) bond motifs is 2. The van der Waals surface area contributed by atoms with Crippen LogP contribution in [0.2, 0.25) is 0 Å². The molecular weight excluding hydrogens is 420 g/mol. The number of hydrogen-bond donors (Lipinski definition) is 0. The monoisotopic (exact) mass is 444 g/mol. The number of ether oxygens (including phenoxy) is 1. The van der Waals surface area contributed by atoms with Crippen LogP contribution in [0.25, 0.3) is 21.5 Å². The van der Waals surface area contributed by atoms with Gasteiger partial charge in [-0.3, -0.25) is 9.30 Å². The maximum absolute atomic E-state index is 13.8. The molecule has 5 rings (SSSR count). The molecule has 5 nitrogen and oxygen atoms in total. The molecule has 6 heteroatoms. The molecule has 4 aromatic rings. The lowest BCUT2D eigenvalue weighted by atomic mass is 10.0. The maximum Gasteiger partial charge on any atom is 0.265 e. The molecule has 0 bridgehead atoms. The van der Waals surface area contributed by atoms with Crippen molar-refractivity contribution in [2.45, 2.75) is 18.2 Å². The first-order valence-electron chi connectivity index (χ1n) is 10.8. The van der Waals surface area contributed by atoms with Crippen molar-refractivity contribution in [1.29, 1.82) is 0 Å². The number of amidine groups is 1. The Hall–Kier alpha value is -3.38. The van der Waals surface area contributed by atoms with E-state index in [0.717, 1.165) is 21.7 Å². The van der Waals surface area contributed by atoms with Crippen molar-refractivity contribution in [3.8, 4) is 5.75 Å². The van der Waals surface area contributed by atoms with Crippen molar-refractivity contribution in [1.82, 2.24) is 4.31 Å². The molecule has 0 radical (unpaired) electrons. The molecule has 162 valence electrons. The Labute approximate surface area is 188 Å². The van der Waals surface area contributed by atoms with E-state index in [1.807, 2.05) is 55.5 Å². The van der Waals surface area contributed by atoms with Crippen LogP contribution >= 0.6 is 0 Å². The van der Waals surface area contributed by atoms with Crippen LogP contribution in [0.1, 0.15) is 12.5 Å². The summed E-state index contributed by atoms with van der Waals surface area (Å²) in [5, 5.41) is 3.71. The van der Waals surface area contributed by atoms with Gasteiger partial charge in [0, 0.05) is 17.2 Å². The van der Waals surface area contributed by atoms with E-state index in [0.29, 0.717) is 43.1 Å². The highest BCUT2D eigenvalue weighted by Crippen LogP contribution is 2.33. The predicted octanol–water partition coefficient (Wildman–Crippen LogP) is 5.04. The fourth-order valence-corrected chi connectivity index (χ4v) is 6.02. The van der Waals surface area contributed by atoms with E-state index in [1.54, 1.807) is 12.1 Å². The van der Waals surface area contributed by atoms with Gasteiger partial charge in [0.15, 0.2) is 0 Å². The lowest BCUT2D eigenvalue weighted by molar-refractivity contribution is 0.344. The Morgan fingerprint density at radius 1 is 0.875 bits per heavy atom. The summed E-state index contributed by atoms with van der Waals surface area (Å²) in [5.41, 5.74) is 1.07. The minimum atomic E-state index is -3.77. The largest absolute Gasteiger partial charge is 0.493 e. The summed E-state index contributed by atoms with van der Waals surface area (Å²) >= 11 is 0. The molecule has 0 aliphatic carbocycles. The van der Waals surface area contributed by atoms with Crippen molar-refractivity contribution < 1.29 is 13.2 Å². The standard InChI is InChI=1S/C26H24N2O3S/c1-2-31-24-14-15-25(23-13-6-5-12-22(23)24)32(29,30)28-17-16-27-26(28)18-20-10-7-9-19-8-3-4-11-21(19)20/h3-15H,2,16-18H2,1H3. The zero-order valence-corrected chi connectivity index (χ0v) is 18.7. The molecule has 4 aromatic carbocycles. The van der Waals surface area contributed by atoms with E-state index >= 15 is 0 Å². The second-order valence-corrected chi connectivity index (χ2v) is 9.56. The van der Waals surface area contributed by atoms with Crippen molar-refractivity contribution in [2.75, 3.05) is 19.7 Å². The summed E-state index contributed by atoms with van der Waals surface area (Å²) < 4.78 is 34.8. The second-order valence-electron chi connectivity index (χ2n) is 7.73. The molecule has 0 saturated heterocycles. The minimum absolute atomic E-state index is 0.282. The van der Waals surface area contributed by atoms with Gasteiger partial charge in [-0.05, 0) is 35.4 Å². The molecule has 0 amide bonds. The Morgan fingerprint density at radius 3 is 2.41 bits per heavy atom. The maximum atomic E-state index is 13.8. The van der Waals surface area contributed by atoms with Crippen molar-refractivity contribution in [2.24, 2.45) is 4.99 Å².